The smallest absolute Gasteiger partial charge is 0.326 e. The molecule has 0 aliphatic rings. The number of hydrogen-bond acceptors (Lipinski definition) is 4. The molecule has 7 heteroatoms. The van der Waals surface area contributed by atoms with Gasteiger partial charge in [-0.3, -0.25) is 4.79 Å². The largest absolute Gasteiger partial charge is 0.480 e. The van der Waals surface area contributed by atoms with Crippen LogP contribution in [-0.4, -0.2) is 28.0 Å². The summed E-state index contributed by atoms with van der Waals surface area (Å²) in [5.74, 6) is -1.89. The molecule has 2 rings (SSSR count). The summed E-state index contributed by atoms with van der Waals surface area (Å²) in [6.07, 6.45) is 1.44. The number of carbonyl (C=O) groups excluding carboxylic acids is 1. The highest BCUT2D eigenvalue weighted by Gasteiger charge is 2.21. The van der Waals surface area contributed by atoms with Crippen LogP contribution >= 0.6 is 11.3 Å². The predicted molar refractivity (Wildman–Crippen MR) is 85.1 cm³/mol. The fourth-order valence-corrected chi connectivity index (χ4v) is 2.90. The number of benzene rings is 1. The minimum Gasteiger partial charge on any atom is -0.480 e. The van der Waals surface area contributed by atoms with Gasteiger partial charge in [0.15, 0.2) is 0 Å². The van der Waals surface area contributed by atoms with Crippen LogP contribution < -0.4 is 5.32 Å². The summed E-state index contributed by atoms with van der Waals surface area (Å²) in [6.45, 7) is 1.85. The molecule has 2 N–H and O–H groups in total. The average Bonchev–Trinajstić information content (AvgIpc) is 2.95. The molecule has 0 saturated carbocycles. The van der Waals surface area contributed by atoms with E-state index in [1.54, 1.807) is 17.5 Å². The van der Waals surface area contributed by atoms with Gasteiger partial charge in [-0.15, -0.1) is 11.3 Å². The molecular formula is C16H17FN2O3S. The number of carboxylic acid groups (broad SMARTS) is 1. The highest BCUT2D eigenvalue weighted by molar-refractivity contribution is 7.09. The molecule has 0 spiro atoms. The molecule has 1 atom stereocenters. The van der Waals surface area contributed by atoms with Gasteiger partial charge in [0.25, 0.3) is 5.91 Å². The van der Waals surface area contributed by atoms with E-state index < -0.39 is 17.9 Å². The summed E-state index contributed by atoms with van der Waals surface area (Å²) >= 11 is 1.29. The quantitative estimate of drug-likeness (QED) is 0.815. The van der Waals surface area contributed by atoms with Gasteiger partial charge < -0.3 is 10.4 Å². The van der Waals surface area contributed by atoms with Crippen molar-refractivity contribution in [3.05, 3.63) is 51.7 Å². The van der Waals surface area contributed by atoms with E-state index >= 15 is 0 Å². The van der Waals surface area contributed by atoms with E-state index in [1.165, 1.54) is 23.5 Å². The number of thiazole rings is 1. The van der Waals surface area contributed by atoms with Gasteiger partial charge in [-0.1, -0.05) is 25.5 Å². The molecule has 1 aromatic carbocycles. The molecule has 0 radical (unpaired) electrons. The van der Waals surface area contributed by atoms with Crippen molar-refractivity contribution < 1.29 is 19.1 Å². The summed E-state index contributed by atoms with van der Waals surface area (Å²) in [6, 6.07) is 5.27. The van der Waals surface area contributed by atoms with Gasteiger partial charge in [0.1, 0.15) is 17.6 Å². The van der Waals surface area contributed by atoms with E-state index in [9.17, 15) is 14.0 Å². The van der Waals surface area contributed by atoms with Gasteiger partial charge in [-0.25, -0.2) is 14.2 Å². The van der Waals surface area contributed by atoms with E-state index in [1.807, 2.05) is 6.92 Å². The van der Waals surface area contributed by atoms with Crippen LogP contribution in [0.4, 0.5) is 4.39 Å². The van der Waals surface area contributed by atoms with Crippen LogP contribution in [0.25, 0.3) is 0 Å². The van der Waals surface area contributed by atoms with Crippen LogP contribution in [-0.2, 0) is 11.2 Å². The molecule has 1 unspecified atom stereocenters. The molecule has 1 heterocycles. The molecule has 0 aliphatic carbocycles. The topological polar surface area (TPSA) is 79.3 Å². The maximum Gasteiger partial charge on any atom is 0.326 e. The maximum atomic E-state index is 13.2. The highest BCUT2D eigenvalue weighted by Crippen LogP contribution is 2.16. The second kappa shape index (κ2) is 7.82. The number of aliphatic carboxylic acids is 1. The molecule has 0 saturated heterocycles. The van der Waals surface area contributed by atoms with E-state index in [2.05, 4.69) is 10.3 Å². The zero-order valence-electron chi connectivity index (χ0n) is 12.6. The van der Waals surface area contributed by atoms with Crippen molar-refractivity contribution in [2.75, 3.05) is 0 Å². The first kappa shape index (κ1) is 17.1. The fraction of sp³-hybridized carbons (Fsp3) is 0.312. The minimum absolute atomic E-state index is 0.184. The Morgan fingerprint density at radius 3 is 2.87 bits per heavy atom. The zero-order chi connectivity index (χ0) is 16.8. The molecule has 0 fully saturated rings. The van der Waals surface area contributed by atoms with Crippen LogP contribution in [0.15, 0.2) is 29.6 Å². The summed E-state index contributed by atoms with van der Waals surface area (Å²) < 4.78 is 13.2. The first-order chi connectivity index (χ1) is 11.0. The second-order valence-electron chi connectivity index (χ2n) is 5.09. The number of carbonyl (C=O) groups is 2. The Bertz CT molecular complexity index is 702. The zero-order valence-corrected chi connectivity index (χ0v) is 13.4. The molecular weight excluding hydrogens is 319 g/mol. The molecule has 23 heavy (non-hydrogen) atoms. The van der Waals surface area contributed by atoms with Crippen LogP contribution in [0.1, 0.15) is 40.8 Å². The third-order valence-electron chi connectivity index (χ3n) is 3.21. The number of nitrogens with one attached hydrogen (secondary N) is 1. The molecule has 0 bridgehead atoms. The van der Waals surface area contributed by atoms with Gasteiger partial charge in [0.05, 0.1) is 5.01 Å². The van der Waals surface area contributed by atoms with Crippen molar-refractivity contribution in [1.82, 2.24) is 10.3 Å². The SMILES string of the molecule is CCCC(NC(=O)c1csc(Cc2cccc(F)c2)n1)C(=O)O. The van der Waals surface area contributed by atoms with Crippen LogP contribution in [0.5, 0.6) is 0 Å². The van der Waals surface area contributed by atoms with Crippen molar-refractivity contribution in [1.29, 1.82) is 0 Å². The van der Waals surface area contributed by atoms with Gasteiger partial charge >= 0.3 is 5.97 Å². The third kappa shape index (κ3) is 4.85. The number of hydrogen-bond donors (Lipinski definition) is 2. The Morgan fingerprint density at radius 1 is 1.43 bits per heavy atom. The Morgan fingerprint density at radius 2 is 2.22 bits per heavy atom. The number of rotatable bonds is 7. The lowest BCUT2D eigenvalue weighted by Gasteiger charge is -2.12. The van der Waals surface area contributed by atoms with Crippen LogP contribution in [0.3, 0.4) is 0 Å². The van der Waals surface area contributed by atoms with Crippen molar-refractivity contribution in [2.24, 2.45) is 0 Å². The molecule has 2 aromatic rings. The summed E-state index contributed by atoms with van der Waals surface area (Å²) in [5.41, 5.74) is 0.949. The lowest BCUT2D eigenvalue weighted by atomic mass is 10.1. The van der Waals surface area contributed by atoms with Gasteiger partial charge in [-0.2, -0.15) is 0 Å². The van der Waals surface area contributed by atoms with E-state index in [0.29, 0.717) is 24.3 Å². The Kier molecular flexibility index (Phi) is 5.81. The normalized spacial score (nSPS) is 11.9. The minimum atomic E-state index is -1.06. The van der Waals surface area contributed by atoms with Crippen molar-refractivity contribution >= 4 is 23.2 Å². The second-order valence-corrected chi connectivity index (χ2v) is 6.03. The number of nitrogens with zero attached hydrogens (tertiary/aromatic N) is 1. The molecule has 5 nitrogen and oxygen atoms in total. The molecule has 0 aliphatic heterocycles. The van der Waals surface area contributed by atoms with Gasteiger partial charge in [0, 0.05) is 11.8 Å². The number of carboxylic acids is 1. The molecule has 122 valence electrons. The predicted octanol–water partition coefficient (Wildman–Crippen LogP) is 2.86. The first-order valence-corrected chi connectivity index (χ1v) is 8.10. The van der Waals surface area contributed by atoms with Crippen LogP contribution in [0.2, 0.25) is 0 Å². The van der Waals surface area contributed by atoms with Gasteiger partial charge in [-0.05, 0) is 24.1 Å². The van der Waals surface area contributed by atoms with Crippen molar-refractivity contribution in [3.8, 4) is 0 Å². The number of amides is 1. The highest BCUT2D eigenvalue weighted by atomic mass is 32.1. The maximum absolute atomic E-state index is 13.2. The first-order valence-electron chi connectivity index (χ1n) is 7.22. The van der Waals surface area contributed by atoms with E-state index in [4.69, 9.17) is 5.11 Å². The van der Waals surface area contributed by atoms with Crippen molar-refractivity contribution in [3.63, 3.8) is 0 Å². The standard InChI is InChI=1S/C16H17FN2O3S/c1-2-4-12(16(21)22)19-15(20)13-9-23-14(18-13)8-10-5-3-6-11(17)7-10/h3,5-7,9,12H,2,4,8H2,1H3,(H,19,20)(H,21,22). The monoisotopic (exact) mass is 336 g/mol. The average molecular weight is 336 g/mol. The Hall–Kier alpha value is -2.28. The lowest BCUT2D eigenvalue weighted by Crippen LogP contribution is -2.40. The third-order valence-corrected chi connectivity index (χ3v) is 4.06. The fourth-order valence-electron chi connectivity index (χ4n) is 2.10. The number of aromatic nitrogens is 1. The van der Waals surface area contributed by atoms with E-state index in [-0.39, 0.29) is 11.5 Å². The summed E-state index contributed by atoms with van der Waals surface area (Å²) in [7, 11) is 0. The van der Waals surface area contributed by atoms with E-state index in [0.717, 1.165) is 5.56 Å². The summed E-state index contributed by atoms with van der Waals surface area (Å²) in [4.78, 5) is 27.3. The van der Waals surface area contributed by atoms with Crippen LogP contribution in [0, 0.1) is 5.82 Å². The van der Waals surface area contributed by atoms with Crippen molar-refractivity contribution in [2.45, 2.75) is 32.2 Å². The number of halogens is 1. The molecule has 1 aromatic heterocycles. The molecule has 1 amide bonds. The Balaban J connectivity index is 2.03. The Labute approximate surface area is 137 Å². The lowest BCUT2D eigenvalue weighted by molar-refractivity contribution is -0.139. The van der Waals surface area contributed by atoms with Gasteiger partial charge in [0.2, 0.25) is 0 Å². The summed E-state index contributed by atoms with van der Waals surface area (Å²) in [5, 5.41) is 13.8.